The Balaban J connectivity index is 1.68. The summed E-state index contributed by atoms with van der Waals surface area (Å²) in [6.45, 7) is 5.67. The van der Waals surface area contributed by atoms with E-state index in [4.69, 9.17) is 9.47 Å². The Bertz CT molecular complexity index is 826. The van der Waals surface area contributed by atoms with Gasteiger partial charge in [0.05, 0.1) is 6.61 Å². The number of rotatable bonds is 8. The minimum atomic E-state index is -0.773. The van der Waals surface area contributed by atoms with Gasteiger partial charge in [-0.3, -0.25) is 20.4 Å². The van der Waals surface area contributed by atoms with Gasteiger partial charge in [0.25, 0.3) is 5.91 Å². The maximum Gasteiger partial charge on any atom is 0.279 e. The summed E-state index contributed by atoms with van der Waals surface area (Å²) >= 11 is 0. The van der Waals surface area contributed by atoms with Gasteiger partial charge in [-0.05, 0) is 56.5 Å². The maximum atomic E-state index is 13.4. The second-order valence-electron chi connectivity index (χ2n) is 6.38. The first kappa shape index (κ1) is 21.2. The van der Waals surface area contributed by atoms with Crippen LogP contribution in [0.1, 0.15) is 30.9 Å². The van der Waals surface area contributed by atoms with Gasteiger partial charge in [-0.15, -0.1) is 0 Å². The molecule has 2 rings (SSSR count). The van der Waals surface area contributed by atoms with Crippen molar-refractivity contribution in [2.75, 3.05) is 6.61 Å². The topological polar surface area (TPSA) is 76.7 Å². The van der Waals surface area contributed by atoms with E-state index >= 15 is 0 Å². The fourth-order valence-corrected chi connectivity index (χ4v) is 2.37. The molecule has 0 spiro atoms. The summed E-state index contributed by atoms with van der Waals surface area (Å²) in [4.78, 5) is 23.9. The van der Waals surface area contributed by atoms with E-state index in [1.165, 1.54) is 12.1 Å². The van der Waals surface area contributed by atoms with E-state index in [1.807, 2.05) is 26.0 Å². The number of amides is 2. The van der Waals surface area contributed by atoms with Gasteiger partial charge >= 0.3 is 0 Å². The normalized spacial score (nSPS) is 11.4. The largest absolute Gasteiger partial charge is 0.491 e. The van der Waals surface area contributed by atoms with E-state index < -0.39 is 17.8 Å². The number of hydrogen-bond acceptors (Lipinski definition) is 4. The number of benzene rings is 2. The van der Waals surface area contributed by atoms with Crippen LogP contribution in [0.2, 0.25) is 0 Å². The zero-order chi connectivity index (χ0) is 20.5. The molecule has 0 aromatic heterocycles. The molecule has 0 aliphatic rings. The standard InChI is InChI=1S/C21H25FN2O4/c1-14-8-6-11-18(15(14)2)28-16(3)21(26)24-23-20(25)12-7-13-27-19-10-5-4-9-17(19)22/h4-6,8-11,16H,7,12-13H2,1-3H3,(H,23,25)(H,24,26). The molecule has 2 N–H and O–H groups in total. The van der Waals surface area contributed by atoms with E-state index in [9.17, 15) is 14.0 Å². The summed E-state index contributed by atoms with van der Waals surface area (Å²) in [6.07, 6.45) is -0.267. The molecule has 7 heteroatoms. The van der Waals surface area contributed by atoms with Crippen molar-refractivity contribution >= 4 is 11.8 Å². The van der Waals surface area contributed by atoms with Crippen molar-refractivity contribution in [1.29, 1.82) is 0 Å². The van der Waals surface area contributed by atoms with Gasteiger partial charge < -0.3 is 9.47 Å². The number of ether oxygens (including phenoxy) is 2. The Morgan fingerprint density at radius 3 is 2.50 bits per heavy atom. The lowest BCUT2D eigenvalue weighted by molar-refractivity contribution is -0.132. The first-order chi connectivity index (χ1) is 13.4. The molecule has 0 saturated heterocycles. The highest BCUT2D eigenvalue weighted by Gasteiger charge is 2.16. The summed E-state index contributed by atoms with van der Waals surface area (Å²) in [5.74, 6) is -0.508. The minimum Gasteiger partial charge on any atom is -0.491 e. The molecule has 150 valence electrons. The van der Waals surface area contributed by atoms with Crippen LogP contribution in [-0.4, -0.2) is 24.5 Å². The number of para-hydroxylation sites is 1. The number of carbonyl (C=O) groups excluding carboxylic acids is 2. The Hall–Kier alpha value is -3.09. The van der Waals surface area contributed by atoms with E-state index in [-0.39, 0.29) is 24.7 Å². The molecule has 2 aromatic rings. The van der Waals surface area contributed by atoms with Crippen LogP contribution in [0.15, 0.2) is 42.5 Å². The Morgan fingerprint density at radius 1 is 1.04 bits per heavy atom. The van der Waals surface area contributed by atoms with Gasteiger partial charge in [-0.1, -0.05) is 24.3 Å². The van der Waals surface area contributed by atoms with Crippen LogP contribution in [0.4, 0.5) is 4.39 Å². The lowest BCUT2D eigenvalue weighted by Gasteiger charge is -2.17. The smallest absolute Gasteiger partial charge is 0.279 e. The lowest BCUT2D eigenvalue weighted by Crippen LogP contribution is -2.47. The minimum absolute atomic E-state index is 0.126. The quantitative estimate of drug-likeness (QED) is 0.538. The van der Waals surface area contributed by atoms with Crippen molar-refractivity contribution in [2.24, 2.45) is 0 Å². The van der Waals surface area contributed by atoms with Crippen molar-refractivity contribution in [2.45, 2.75) is 39.7 Å². The van der Waals surface area contributed by atoms with Crippen LogP contribution in [0.3, 0.4) is 0 Å². The molecule has 0 bridgehead atoms. The molecule has 0 heterocycles. The van der Waals surface area contributed by atoms with Gasteiger partial charge in [-0.25, -0.2) is 4.39 Å². The van der Waals surface area contributed by atoms with Crippen molar-refractivity contribution in [3.05, 3.63) is 59.4 Å². The van der Waals surface area contributed by atoms with E-state index in [0.717, 1.165) is 11.1 Å². The Labute approximate surface area is 164 Å². The summed E-state index contributed by atoms with van der Waals surface area (Å²) in [5, 5.41) is 0. The summed E-state index contributed by atoms with van der Waals surface area (Å²) in [7, 11) is 0. The number of hydrazine groups is 1. The van der Waals surface area contributed by atoms with Crippen LogP contribution in [0.5, 0.6) is 11.5 Å². The third kappa shape index (κ3) is 6.26. The predicted molar refractivity (Wildman–Crippen MR) is 103 cm³/mol. The van der Waals surface area contributed by atoms with E-state index in [1.54, 1.807) is 25.1 Å². The number of aryl methyl sites for hydroxylation is 1. The average Bonchev–Trinajstić information content (AvgIpc) is 2.68. The average molecular weight is 388 g/mol. The highest BCUT2D eigenvalue weighted by atomic mass is 19.1. The SMILES string of the molecule is Cc1cccc(OC(C)C(=O)NNC(=O)CCCOc2ccccc2F)c1C. The fourth-order valence-electron chi connectivity index (χ4n) is 2.37. The molecule has 0 saturated carbocycles. The zero-order valence-corrected chi connectivity index (χ0v) is 16.3. The molecule has 1 atom stereocenters. The van der Waals surface area contributed by atoms with E-state index in [0.29, 0.717) is 12.2 Å². The monoisotopic (exact) mass is 388 g/mol. The first-order valence-electron chi connectivity index (χ1n) is 9.07. The summed E-state index contributed by atoms with van der Waals surface area (Å²) in [5.41, 5.74) is 6.70. The number of hydrogen-bond donors (Lipinski definition) is 2. The van der Waals surface area contributed by atoms with Gasteiger partial charge in [0.2, 0.25) is 5.91 Å². The van der Waals surface area contributed by atoms with Crippen molar-refractivity contribution < 1.29 is 23.5 Å². The fraction of sp³-hybridized carbons (Fsp3) is 0.333. The van der Waals surface area contributed by atoms with Crippen LogP contribution in [-0.2, 0) is 9.59 Å². The second-order valence-corrected chi connectivity index (χ2v) is 6.38. The number of carbonyl (C=O) groups is 2. The molecule has 0 aliphatic heterocycles. The first-order valence-corrected chi connectivity index (χ1v) is 9.07. The molecule has 0 aliphatic carbocycles. The molecule has 0 fully saturated rings. The third-order valence-electron chi connectivity index (χ3n) is 4.20. The Morgan fingerprint density at radius 2 is 1.75 bits per heavy atom. The molecule has 6 nitrogen and oxygen atoms in total. The van der Waals surface area contributed by atoms with Crippen LogP contribution >= 0.6 is 0 Å². The zero-order valence-electron chi connectivity index (χ0n) is 16.3. The van der Waals surface area contributed by atoms with Crippen LogP contribution < -0.4 is 20.3 Å². The summed E-state index contributed by atoms with van der Waals surface area (Å²) < 4.78 is 24.3. The van der Waals surface area contributed by atoms with Crippen molar-refractivity contribution in [3.8, 4) is 11.5 Å². The van der Waals surface area contributed by atoms with Crippen LogP contribution in [0, 0.1) is 19.7 Å². The van der Waals surface area contributed by atoms with E-state index in [2.05, 4.69) is 10.9 Å². The van der Waals surface area contributed by atoms with Gasteiger partial charge in [0.15, 0.2) is 17.7 Å². The number of halogens is 1. The highest BCUT2D eigenvalue weighted by Crippen LogP contribution is 2.21. The van der Waals surface area contributed by atoms with Gasteiger partial charge in [-0.2, -0.15) is 0 Å². The van der Waals surface area contributed by atoms with Gasteiger partial charge in [0, 0.05) is 6.42 Å². The van der Waals surface area contributed by atoms with Gasteiger partial charge in [0.1, 0.15) is 5.75 Å². The van der Waals surface area contributed by atoms with Crippen LogP contribution in [0.25, 0.3) is 0 Å². The molecular weight excluding hydrogens is 363 g/mol. The van der Waals surface area contributed by atoms with Crippen molar-refractivity contribution in [1.82, 2.24) is 10.9 Å². The summed E-state index contributed by atoms with van der Waals surface area (Å²) in [6, 6.07) is 11.7. The predicted octanol–water partition coefficient (Wildman–Crippen LogP) is 3.22. The molecule has 2 amide bonds. The molecule has 1 unspecified atom stereocenters. The number of nitrogens with one attached hydrogen (secondary N) is 2. The lowest BCUT2D eigenvalue weighted by atomic mass is 10.1. The molecule has 0 radical (unpaired) electrons. The highest BCUT2D eigenvalue weighted by molar-refractivity contribution is 5.84. The third-order valence-corrected chi connectivity index (χ3v) is 4.20. The molecular formula is C21H25FN2O4. The molecule has 28 heavy (non-hydrogen) atoms. The van der Waals surface area contributed by atoms with Crippen molar-refractivity contribution in [3.63, 3.8) is 0 Å². The Kier molecular flexibility index (Phi) is 7.80. The second kappa shape index (κ2) is 10.3. The maximum absolute atomic E-state index is 13.4. The molecule has 2 aromatic carbocycles.